The zero-order chi connectivity index (χ0) is 21.1. The summed E-state index contributed by atoms with van der Waals surface area (Å²) in [5.41, 5.74) is 2.22. The maximum absolute atomic E-state index is 12.7. The molecule has 0 bridgehead atoms. The molecular formula is C21H25N3O5S. The van der Waals surface area contributed by atoms with E-state index < -0.39 is 10.0 Å². The molecule has 30 heavy (non-hydrogen) atoms. The van der Waals surface area contributed by atoms with Crippen LogP contribution < -0.4 is 14.8 Å². The molecule has 160 valence electrons. The van der Waals surface area contributed by atoms with Gasteiger partial charge in [-0.3, -0.25) is 9.69 Å². The maximum atomic E-state index is 12.7. The molecule has 0 saturated carbocycles. The van der Waals surface area contributed by atoms with E-state index in [1.54, 1.807) is 35.5 Å². The Morgan fingerprint density at radius 1 is 1.03 bits per heavy atom. The molecule has 2 aliphatic heterocycles. The zero-order valence-electron chi connectivity index (χ0n) is 16.8. The summed E-state index contributed by atoms with van der Waals surface area (Å²) < 4.78 is 36.2. The van der Waals surface area contributed by atoms with E-state index in [0.29, 0.717) is 55.5 Å². The van der Waals surface area contributed by atoms with Crippen molar-refractivity contribution in [1.82, 2.24) is 9.21 Å². The third-order valence-corrected chi connectivity index (χ3v) is 7.20. The van der Waals surface area contributed by atoms with E-state index in [0.717, 1.165) is 5.56 Å². The highest BCUT2D eigenvalue weighted by Crippen LogP contribution is 2.34. The molecule has 8 nitrogen and oxygen atoms in total. The van der Waals surface area contributed by atoms with Crippen LogP contribution in [-0.2, 0) is 16.6 Å². The van der Waals surface area contributed by atoms with Crippen molar-refractivity contribution in [1.29, 1.82) is 0 Å². The molecule has 2 aromatic rings. The molecule has 2 aliphatic rings. The molecule has 2 heterocycles. The summed E-state index contributed by atoms with van der Waals surface area (Å²) >= 11 is 0. The SMILES string of the molecule is CCS(=O)(=O)N1CCN(Cc2cccc(C(=O)Nc3ccc4c(c3)OCO4)c2)CC1. The van der Waals surface area contributed by atoms with Crippen molar-refractivity contribution in [3.63, 3.8) is 0 Å². The van der Waals surface area contributed by atoms with Crippen LogP contribution >= 0.6 is 0 Å². The largest absolute Gasteiger partial charge is 0.454 e. The van der Waals surface area contributed by atoms with Gasteiger partial charge in [0.1, 0.15) is 0 Å². The molecule has 0 aliphatic carbocycles. The fraction of sp³-hybridized carbons (Fsp3) is 0.381. The van der Waals surface area contributed by atoms with Gasteiger partial charge < -0.3 is 14.8 Å². The van der Waals surface area contributed by atoms with E-state index in [1.165, 1.54) is 0 Å². The van der Waals surface area contributed by atoms with Crippen molar-refractivity contribution < 1.29 is 22.7 Å². The summed E-state index contributed by atoms with van der Waals surface area (Å²) in [5, 5.41) is 2.89. The van der Waals surface area contributed by atoms with Gasteiger partial charge in [-0.25, -0.2) is 8.42 Å². The van der Waals surface area contributed by atoms with Crippen LogP contribution in [0.2, 0.25) is 0 Å². The predicted molar refractivity (Wildman–Crippen MR) is 113 cm³/mol. The van der Waals surface area contributed by atoms with E-state index in [9.17, 15) is 13.2 Å². The van der Waals surface area contributed by atoms with Crippen LogP contribution in [0.4, 0.5) is 5.69 Å². The summed E-state index contributed by atoms with van der Waals surface area (Å²) in [6, 6.07) is 12.8. The minimum atomic E-state index is -3.13. The van der Waals surface area contributed by atoms with Crippen molar-refractivity contribution >= 4 is 21.6 Å². The number of nitrogens with zero attached hydrogens (tertiary/aromatic N) is 2. The van der Waals surface area contributed by atoms with Gasteiger partial charge in [0.15, 0.2) is 11.5 Å². The van der Waals surface area contributed by atoms with E-state index >= 15 is 0 Å². The maximum Gasteiger partial charge on any atom is 0.255 e. The Morgan fingerprint density at radius 2 is 1.80 bits per heavy atom. The van der Waals surface area contributed by atoms with Crippen molar-refractivity contribution in [2.75, 3.05) is 44.0 Å². The lowest BCUT2D eigenvalue weighted by molar-refractivity contribution is 0.102. The van der Waals surface area contributed by atoms with Crippen molar-refractivity contribution in [3.05, 3.63) is 53.6 Å². The first-order valence-electron chi connectivity index (χ1n) is 9.95. The number of fused-ring (bicyclic) bond motifs is 1. The van der Waals surface area contributed by atoms with Crippen LogP contribution in [0.15, 0.2) is 42.5 Å². The Labute approximate surface area is 176 Å². The molecule has 1 amide bonds. The van der Waals surface area contributed by atoms with Gasteiger partial charge in [0.05, 0.1) is 5.75 Å². The average Bonchev–Trinajstić information content (AvgIpc) is 3.22. The summed E-state index contributed by atoms with van der Waals surface area (Å²) in [5.74, 6) is 1.22. The Hall–Kier alpha value is -2.62. The topological polar surface area (TPSA) is 88.2 Å². The van der Waals surface area contributed by atoms with Gasteiger partial charge in [-0.15, -0.1) is 0 Å². The van der Waals surface area contributed by atoms with Gasteiger partial charge in [0.2, 0.25) is 16.8 Å². The first kappa shape index (κ1) is 20.6. The second-order valence-electron chi connectivity index (χ2n) is 7.30. The van der Waals surface area contributed by atoms with E-state index in [1.807, 2.05) is 18.2 Å². The Balaban J connectivity index is 1.36. The van der Waals surface area contributed by atoms with Gasteiger partial charge in [-0.05, 0) is 36.8 Å². The fourth-order valence-corrected chi connectivity index (χ4v) is 4.68. The first-order chi connectivity index (χ1) is 14.4. The molecule has 0 unspecified atom stereocenters. The summed E-state index contributed by atoms with van der Waals surface area (Å²) in [6.45, 7) is 4.88. The predicted octanol–water partition coefficient (Wildman–Crippen LogP) is 2.13. The average molecular weight is 432 g/mol. The van der Waals surface area contributed by atoms with E-state index in [2.05, 4.69) is 10.2 Å². The lowest BCUT2D eigenvalue weighted by atomic mass is 10.1. The molecule has 0 atom stereocenters. The number of nitrogens with one attached hydrogen (secondary N) is 1. The Kier molecular flexibility index (Phi) is 5.94. The second-order valence-corrected chi connectivity index (χ2v) is 9.56. The molecule has 9 heteroatoms. The van der Waals surface area contributed by atoms with Crippen LogP contribution in [0.25, 0.3) is 0 Å². The van der Waals surface area contributed by atoms with Gasteiger partial charge in [0, 0.05) is 50.0 Å². The number of carbonyl (C=O) groups is 1. The molecule has 0 aromatic heterocycles. The first-order valence-corrected chi connectivity index (χ1v) is 11.6. The van der Waals surface area contributed by atoms with Gasteiger partial charge in [-0.2, -0.15) is 4.31 Å². The van der Waals surface area contributed by atoms with Gasteiger partial charge in [0.25, 0.3) is 5.91 Å². The number of hydrogen-bond acceptors (Lipinski definition) is 6. The molecule has 1 fully saturated rings. The minimum Gasteiger partial charge on any atom is -0.454 e. The van der Waals surface area contributed by atoms with Crippen LogP contribution in [-0.4, -0.2) is 62.3 Å². The van der Waals surface area contributed by atoms with Crippen LogP contribution in [0.5, 0.6) is 11.5 Å². The second kappa shape index (κ2) is 8.63. The number of piperazine rings is 1. The van der Waals surface area contributed by atoms with Gasteiger partial charge >= 0.3 is 0 Å². The fourth-order valence-electron chi connectivity index (χ4n) is 3.60. The number of amides is 1. The standard InChI is InChI=1S/C21H25N3O5S/c1-2-30(26,27)24-10-8-23(9-11-24)14-16-4-3-5-17(12-16)21(25)22-18-6-7-19-20(13-18)29-15-28-19/h3-7,12-13H,2,8-11,14-15H2,1H3,(H,22,25). The minimum absolute atomic E-state index is 0.132. The number of benzene rings is 2. The third kappa shape index (κ3) is 4.58. The number of anilines is 1. The molecule has 0 radical (unpaired) electrons. The summed E-state index contributed by atoms with van der Waals surface area (Å²) in [7, 11) is -3.13. The van der Waals surface area contributed by atoms with Crippen LogP contribution in [0, 0.1) is 0 Å². The lowest BCUT2D eigenvalue weighted by Gasteiger charge is -2.33. The number of carbonyl (C=O) groups excluding carboxylic acids is 1. The smallest absolute Gasteiger partial charge is 0.255 e. The summed E-state index contributed by atoms with van der Waals surface area (Å²) in [4.78, 5) is 14.9. The Bertz CT molecular complexity index is 1030. The number of ether oxygens (including phenoxy) is 2. The summed E-state index contributed by atoms with van der Waals surface area (Å²) in [6.07, 6.45) is 0. The van der Waals surface area contributed by atoms with Crippen LogP contribution in [0.3, 0.4) is 0 Å². The highest BCUT2D eigenvalue weighted by molar-refractivity contribution is 7.89. The molecule has 1 saturated heterocycles. The highest BCUT2D eigenvalue weighted by atomic mass is 32.2. The zero-order valence-corrected chi connectivity index (χ0v) is 17.7. The van der Waals surface area contributed by atoms with Crippen molar-refractivity contribution in [3.8, 4) is 11.5 Å². The quantitative estimate of drug-likeness (QED) is 0.754. The van der Waals surface area contributed by atoms with Gasteiger partial charge in [-0.1, -0.05) is 12.1 Å². The third-order valence-electron chi connectivity index (χ3n) is 5.32. The van der Waals surface area contributed by atoms with Crippen molar-refractivity contribution in [2.45, 2.75) is 13.5 Å². The van der Waals surface area contributed by atoms with E-state index in [4.69, 9.17) is 9.47 Å². The normalized spacial score (nSPS) is 17.1. The highest BCUT2D eigenvalue weighted by Gasteiger charge is 2.25. The molecule has 2 aromatic carbocycles. The molecule has 4 rings (SSSR count). The number of rotatable bonds is 6. The number of hydrogen-bond donors (Lipinski definition) is 1. The lowest BCUT2D eigenvalue weighted by Crippen LogP contribution is -2.48. The Morgan fingerprint density at radius 3 is 2.57 bits per heavy atom. The monoisotopic (exact) mass is 431 g/mol. The van der Waals surface area contributed by atoms with Crippen LogP contribution in [0.1, 0.15) is 22.8 Å². The van der Waals surface area contributed by atoms with Crippen molar-refractivity contribution in [2.24, 2.45) is 0 Å². The molecule has 0 spiro atoms. The van der Waals surface area contributed by atoms with E-state index in [-0.39, 0.29) is 18.5 Å². The number of sulfonamides is 1. The molecule has 1 N–H and O–H groups in total. The molecular weight excluding hydrogens is 406 g/mol.